The highest BCUT2D eigenvalue weighted by Crippen LogP contribution is 2.21. The quantitative estimate of drug-likeness (QED) is 0.711. The third-order valence-electron chi connectivity index (χ3n) is 2.18. The van der Waals surface area contributed by atoms with Crippen molar-refractivity contribution in [2.45, 2.75) is 11.6 Å². The monoisotopic (exact) mass is 252 g/mol. The van der Waals surface area contributed by atoms with Crippen LogP contribution in [-0.4, -0.2) is 22.4 Å². The number of H-pyrrole nitrogens is 1. The van der Waals surface area contributed by atoms with E-state index in [4.69, 9.17) is 10.2 Å². The van der Waals surface area contributed by atoms with Crippen LogP contribution in [0, 0.1) is 0 Å². The Kier molecular flexibility index (Phi) is 3.38. The second-order valence-electron chi connectivity index (χ2n) is 3.28. The summed E-state index contributed by atoms with van der Waals surface area (Å²) in [7, 11) is 0. The van der Waals surface area contributed by atoms with Crippen LogP contribution in [0.1, 0.15) is 16.1 Å². The van der Waals surface area contributed by atoms with Crippen molar-refractivity contribution >= 4 is 23.5 Å². The van der Waals surface area contributed by atoms with Crippen molar-refractivity contribution in [1.29, 1.82) is 0 Å². The van der Waals surface area contributed by atoms with E-state index in [0.29, 0.717) is 22.9 Å². The Balaban J connectivity index is 2.06. The van der Waals surface area contributed by atoms with Crippen molar-refractivity contribution in [3.63, 3.8) is 0 Å². The molecule has 0 atom stereocenters. The lowest BCUT2D eigenvalue weighted by atomic mass is 10.3. The molecule has 6 nitrogen and oxygen atoms in total. The molecule has 2 rings (SSSR count). The van der Waals surface area contributed by atoms with Gasteiger partial charge >= 0.3 is 0 Å². The molecular weight excluding hydrogens is 240 g/mol. The number of thioether (sulfide) groups is 1. The van der Waals surface area contributed by atoms with E-state index in [9.17, 15) is 4.79 Å². The number of nitrogens with one attached hydrogen (secondary N) is 2. The fraction of sp³-hybridized carbons (Fsp3) is 0.200. The first-order valence-electron chi connectivity index (χ1n) is 4.90. The molecule has 0 bridgehead atoms. The van der Waals surface area contributed by atoms with Gasteiger partial charge in [-0.3, -0.25) is 9.89 Å². The average molecular weight is 252 g/mol. The van der Waals surface area contributed by atoms with Gasteiger partial charge in [0, 0.05) is 0 Å². The normalized spacial score (nSPS) is 10.4. The van der Waals surface area contributed by atoms with E-state index in [-0.39, 0.29) is 11.7 Å². The zero-order valence-electron chi connectivity index (χ0n) is 9.19. The molecule has 0 saturated carbocycles. The summed E-state index contributed by atoms with van der Waals surface area (Å²) in [5.41, 5.74) is 6.03. The van der Waals surface area contributed by atoms with Gasteiger partial charge in [-0.1, -0.05) is 0 Å². The number of rotatable bonds is 4. The highest BCUT2D eigenvalue weighted by Gasteiger charge is 2.18. The van der Waals surface area contributed by atoms with Gasteiger partial charge in [-0.05, 0) is 18.4 Å². The predicted molar refractivity (Wildman–Crippen MR) is 64.7 cm³/mol. The molecule has 2 aromatic heterocycles. The van der Waals surface area contributed by atoms with Gasteiger partial charge in [0.25, 0.3) is 5.91 Å². The van der Waals surface area contributed by atoms with Gasteiger partial charge in [-0.2, -0.15) is 5.10 Å². The number of nitrogens with zero attached hydrogens (tertiary/aromatic N) is 1. The highest BCUT2D eigenvalue weighted by atomic mass is 32.2. The summed E-state index contributed by atoms with van der Waals surface area (Å²) in [4.78, 5) is 11.9. The number of amides is 1. The Labute approximate surface area is 102 Å². The number of hydrogen-bond donors (Lipinski definition) is 3. The molecule has 7 heteroatoms. The number of carbonyl (C=O) groups is 1. The van der Waals surface area contributed by atoms with Gasteiger partial charge in [0.1, 0.15) is 22.2 Å². The van der Waals surface area contributed by atoms with Crippen molar-refractivity contribution in [1.82, 2.24) is 15.5 Å². The number of hydrogen-bond acceptors (Lipinski definition) is 5. The van der Waals surface area contributed by atoms with E-state index >= 15 is 0 Å². The maximum Gasteiger partial charge on any atom is 0.258 e. The summed E-state index contributed by atoms with van der Waals surface area (Å²) in [6, 6.07) is 3.55. The number of furan rings is 1. The summed E-state index contributed by atoms with van der Waals surface area (Å²) in [5.74, 6) is 0.689. The average Bonchev–Trinajstić information content (AvgIpc) is 2.94. The molecule has 0 unspecified atom stereocenters. The van der Waals surface area contributed by atoms with Gasteiger partial charge in [0.2, 0.25) is 0 Å². The minimum absolute atomic E-state index is 0.267. The molecule has 17 heavy (non-hydrogen) atoms. The van der Waals surface area contributed by atoms with Gasteiger partial charge in [-0.25, -0.2) is 0 Å². The summed E-state index contributed by atoms with van der Waals surface area (Å²) in [6.07, 6.45) is 3.39. The Morgan fingerprint density at radius 3 is 3.18 bits per heavy atom. The Morgan fingerprint density at radius 1 is 1.71 bits per heavy atom. The molecule has 0 aliphatic heterocycles. The smallest absolute Gasteiger partial charge is 0.258 e. The maximum absolute atomic E-state index is 11.9. The number of nitrogen functional groups attached to an aromatic ring is 1. The van der Waals surface area contributed by atoms with Crippen molar-refractivity contribution in [3.8, 4) is 0 Å². The highest BCUT2D eigenvalue weighted by molar-refractivity contribution is 7.98. The molecule has 2 heterocycles. The zero-order valence-corrected chi connectivity index (χ0v) is 10.0. The molecule has 0 spiro atoms. The molecule has 0 aliphatic rings. The molecule has 0 fully saturated rings. The van der Waals surface area contributed by atoms with Crippen molar-refractivity contribution in [3.05, 3.63) is 29.7 Å². The van der Waals surface area contributed by atoms with E-state index in [2.05, 4.69) is 15.5 Å². The van der Waals surface area contributed by atoms with Crippen LogP contribution >= 0.6 is 11.8 Å². The Bertz CT molecular complexity index is 506. The fourth-order valence-corrected chi connectivity index (χ4v) is 1.92. The van der Waals surface area contributed by atoms with E-state index in [0.717, 1.165) is 0 Å². The van der Waals surface area contributed by atoms with Gasteiger partial charge in [-0.15, -0.1) is 11.8 Å². The summed E-state index contributed by atoms with van der Waals surface area (Å²) in [5, 5.41) is 9.81. The third-order valence-corrected chi connectivity index (χ3v) is 2.87. The van der Waals surface area contributed by atoms with Gasteiger partial charge in [0.15, 0.2) is 0 Å². The molecule has 1 amide bonds. The SMILES string of the molecule is CSc1n[nH]c(N)c1C(=O)NCc1ccco1. The number of carbonyl (C=O) groups excluding carboxylic acids is 1. The lowest BCUT2D eigenvalue weighted by Crippen LogP contribution is -2.23. The van der Waals surface area contributed by atoms with E-state index in [1.165, 1.54) is 11.8 Å². The summed E-state index contributed by atoms with van der Waals surface area (Å²) >= 11 is 1.36. The topological polar surface area (TPSA) is 96.9 Å². The van der Waals surface area contributed by atoms with Gasteiger partial charge in [0.05, 0.1) is 12.8 Å². The van der Waals surface area contributed by atoms with Crippen LogP contribution in [0.3, 0.4) is 0 Å². The largest absolute Gasteiger partial charge is 0.467 e. The second-order valence-corrected chi connectivity index (χ2v) is 4.08. The lowest BCUT2D eigenvalue weighted by Gasteiger charge is -2.03. The van der Waals surface area contributed by atoms with Crippen molar-refractivity contribution in [2.75, 3.05) is 12.0 Å². The molecular formula is C10H12N4O2S. The van der Waals surface area contributed by atoms with Crippen LogP contribution in [0.2, 0.25) is 0 Å². The number of anilines is 1. The predicted octanol–water partition coefficient (Wildman–Crippen LogP) is 1.24. The standard InChI is InChI=1S/C10H12N4O2S/c1-17-10-7(8(11)13-14-10)9(15)12-5-6-3-2-4-16-6/h2-4H,5H2,1H3,(H,12,15)(H3,11,13,14). The van der Waals surface area contributed by atoms with Crippen LogP contribution in [0.25, 0.3) is 0 Å². The zero-order chi connectivity index (χ0) is 12.3. The molecule has 4 N–H and O–H groups in total. The first-order chi connectivity index (χ1) is 8.22. The summed E-state index contributed by atoms with van der Waals surface area (Å²) in [6.45, 7) is 0.324. The van der Waals surface area contributed by atoms with E-state index in [1.807, 2.05) is 6.26 Å². The van der Waals surface area contributed by atoms with Gasteiger partial charge < -0.3 is 15.5 Å². The number of aromatic amines is 1. The third kappa shape index (κ3) is 2.44. The molecule has 90 valence electrons. The summed E-state index contributed by atoms with van der Waals surface area (Å²) < 4.78 is 5.11. The molecule has 0 saturated heterocycles. The minimum atomic E-state index is -0.267. The first kappa shape index (κ1) is 11.6. The fourth-order valence-electron chi connectivity index (χ4n) is 1.37. The minimum Gasteiger partial charge on any atom is -0.467 e. The van der Waals surface area contributed by atoms with Crippen LogP contribution < -0.4 is 11.1 Å². The first-order valence-corrected chi connectivity index (χ1v) is 6.13. The van der Waals surface area contributed by atoms with E-state index in [1.54, 1.807) is 18.4 Å². The van der Waals surface area contributed by atoms with Crippen LogP contribution in [0.15, 0.2) is 27.8 Å². The number of aromatic nitrogens is 2. The van der Waals surface area contributed by atoms with Crippen LogP contribution in [0.5, 0.6) is 0 Å². The molecule has 2 aromatic rings. The molecule has 0 radical (unpaired) electrons. The second kappa shape index (κ2) is 4.96. The molecule has 0 aliphatic carbocycles. The van der Waals surface area contributed by atoms with Crippen LogP contribution in [0.4, 0.5) is 5.82 Å². The van der Waals surface area contributed by atoms with E-state index < -0.39 is 0 Å². The van der Waals surface area contributed by atoms with Crippen molar-refractivity contribution < 1.29 is 9.21 Å². The molecule has 0 aromatic carbocycles. The van der Waals surface area contributed by atoms with Crippen LogP contribution in [-0.2, 0) is 6.54 Å². The Morgan fingerprint density at radius 2 is 2.53 bits per heavy atom. The van der Waals surface area contributed by atoms with Crippen molar-refractivity contribution in [2.24, 2.45) is 0 Å². The maximum atomic E-state index is 11.9. The lowest BCUT2D eigenvalue weighted by molar-refractivity contribution is 0.0946. The Hall–Kier alpha value is -1.89. The number of nitrogens with two attached hydrogens (primary N) is 1.